The van der Waals surface area contributed by atoms with E-state index >= 15 is 0 Å². The van der Waals surface area contributed by atoms with Crippen LogP contribution in [-0.2, 0) is 6.54 Å². The average Bonchev–Trinajstić information content (AvgIpc) is 2.92. The van der Waals surface area contributed by atoms with Crippen molar-refractivity contribution in [3.63, 3.8) is 0 Å². The van der Waals surface area contributed by atoms with E-state index < -0.39 is 0 Å². The first-order valence-corrected chi connectivity index (χ1v) is 7.96. The first kappa shape index (κ1) is 13.5. The number of nitrogens with one attached hydrogen (secondary N) is 1. The molecule has 0 radical (unpaired) electrons. The van der Waals surface area contributed by atoms with E-state index in [-0.39, 0.29) is 0 Å². The summed E-state index contributed by atoms with van der Waals surface area (Å²) >= 11 is 3.16. The monoisotopic (exact) mass is 305 g/mol. The molecule has 3 heterocycles. The van der Waals surface area contributed by atoms with Crippen molar-refractivity contribution in [2.45, 2.75) is 30.6 Å². The maximum Gasteiger partial charge on any atom is 0.194 e. The van der Waals surface area contributed by atoms with Crippen molar-refractivity contribution in [1.82, 2.24) is 24.7 Å². The summed E-state index contributed by atoms with van der Waals surface area (Å²) in [4.78, 5) is 14.6. The van der Waals surface area contributed by atoms with E-state index in [1.807, 2.05) is 38.5 Å². The zero-order valence-electron chi connectivity index (χ0n) is 11.5. The lowest BCUT2D eigenvalue weighted by atomic mass is 10.4. The third-order valence-electron chi connectivity index (χ3n) is 2.82. The largest absolute Gasteiger partial charge is 0.314 e. The molecular formula is C13H15N5S2. The second kappa shape index (κ2) is 5.51. The molecule has 0 saturated carbocycles. The first-order valence-electron chi connectivity index (χ1n) is 6.26. The van der Waals surface area contributed by atoms with Crippen LogP contribution in [0.1, 0.15) is 17.1 Å². The Bertz CT molecular complexity index is 726. The van der Waals surface area contributed by atoms with Crippen LogP contribution < -0.4 is 5.32 Å². The summed E-state index contributed by atoms with van der Waals surface area (Å²) in [7, 11) is 1.94. The van der Waals surface area contributed by atoms with Crippen LogP contribution in [0.4, 0.5) is 0 Å². The molecule has 0 aliphatic carbocycles. The van der Waals surface area contributed by atoms with Crippen molar-refractivity contribution in [2.24, 2.45) is 0 Å². The predicted molar refractivity (Wildman–Crippen MR) is 81.5 cm³/mol. The first-order chi connectivity index (χ1) is 9.67. The number of hydrogen-bond acceptors (Lipinski definition) is 6. The van der Waals surface area contributed by atoms with Crippen LogP contribution in [0.5, 0.6) is 0 Å². The van der Waals surface area contributed by atoms with Gasteiger partial charge in [-0.1, -0.05) is 0 Å². The summed E-state index contributed by atoms with van der Waals surface area (Å²) in [6.45, 7) is 4.74. The van der Waals surface area contributed by atoms with E-state index in [4.69, 9.17) is 0 Å². The van der Waals surface area contributed by atoms with Crippen molar-refractivity contribution in [1.29, 1.82) is 0 Å². The molecule has 3 aromatic rings. The molecule has 0 bridgehead atoms. The van der Waals surface area contributed by atoms with Crippen LogP contribution in [0, 0.1) is 13.8 Å². The highest BCUT2D eigenvalue weighted by atomic mass is 32.2. The summed E-state index contributed by atoms with van der Waals surface area (Å²) in [5.41, 5.74) is 3.11. The van der Waals surface area contributed by atoms with E-state index in [2.05, 4.69) is 24.7 Å². The Kier molecular flexibility index (Phi) is 3.73. The Balaban J connectivity index is 2.00. The molecule has 7 heteroatoms. The van der Waals surface area contributed by atoms with Gasteiger partial charge in [0.15, 0.2) is 10.1 Å². The molecule has 0 fully saturated rings. The van der Waals surface area contributed by atoms with Gasteiger partial charge in [-0.2, -0.15) is 0 Å². The Morgan fingerprint density at radius 3 is 2.70 bits per heavy atom. The van der Waals surface area contributed by atoms with Crippen LogP contribution in [0.3, 0.4) is 0 Å². The van der Waals surface area contributed by atoms with Gasteiger partial charge >= 0.3 is 0 Å². The minimum atomic E-state index is 0.755. The molecule has 3 rings (SSSR count). The molecule has 0 unspecified atom stereocenters. The van der Waals surface area contributed by atoms with E-state index in [0.29, 0.717) is 0 Å². The van der Waals surface area contributed by atoms with Gasteiger partial charge in [-0.25, -0.2) is 15.0 Å². The van der Waals surface area contributed by atoms with Gasteiger partial charge in [0.05, 0.1) is 5.69 Å². The van der Waals surface area contributed by atoms with Crippen molar-refractivity contribution >= 4 is 28.1 Å². The van der Waals surface area contributed by atoms with Gasteiger partial charge in [-0.3, -0.25) is 4.40 Å². The molecule has 0 amide bonds. The molecule has 0 aliphatic heterocycles. The lowest BCUT2D eigenvalue weighted by Crippen LogP contribution is -2.08. The molecule has 104 valence electrons. The minimum Gasteiger partial charge on any atom is -0.314 e. The fourth-order valence-electron chi connectivity index (χ4n) is 2.05. The van der Waals surface area contributed by atoms with Crippen LogP contribution in [0.15, 0.2) is 27.8 Å². The Hall–Kier alpha value is -1.44. The molecule has 0 atom stereocenters. The quantitative estimate of drug-likeness (QED) is 0.751. The highest BCUT2D eigenvalue weighted by molar-refractivity contribution is 7.99. The average molecular weight is 305 g/mol. The number of thiazole rings is 1. The van der Waals surface area contributed by atoms with E-state index in [0.717, 1.165) is 38.8 Å². The van der Waals surface area contributed by atoms with Gasteiger partial charge < -0.3 is 5.32 Å². The number of fused-ring (bicyclic) bond motifs is 1. The number of nitrogens with zero attached hydrogens (tertiary/aromatic N) is 4. The molecule has 1 N–H and O–H groups in total. The Labute approximate surface area is 125 Å². The Morgan fingerprint density at radius 1 is 1.25 bits per heavy atom. The molecule has 0 saturated heterocycles. The fraction of sp³-hybridized carbons (Fsp3) is 0.308. The number of imidazole rings is 1. The zero-order valence-corrected chi connectivity index (χ0v) is 13.2. The zero-order chi connectivity index (χ0) is 14.1. The fourth-order valence-corrected chi connectivity index (χ4v) is 3.81. The SMILES string of the molecule is CNCc1c(Sc2nc(C)cc(C)n2)nc2sccn12. The smallest absolute Gasteiger partial charge is 0.194 e. The summed E-state index contributed by atoms with van der Waals surface area (Å²) in [6.07, 6.45) is 2.05. The minimum absolute atomic E-state index is 0.755. The van der Waals surface area contributed by atoms with Gasteiger partial charge in [0.25, 0.3) is 0 Å². The standard InChI is InChI=1S/C13H15N5S2/c1-8-6-9(2)16-12(15-8)20-11-10(7-14-3)18-4-5-19-13(18)17-11/h4-6,14H,7H2,1-3H3. The molecule has 0 aliphatic rings. The van der Waals surface area contributed by atoms with Crippen molar-refractivity contribution in [2.75, 3.05) is 7.05 Å². The molecule has 3 aromatic heterocycles. The molecule has 0 aromatic carbocycles. The summed E-state index contributed by atoms with van der Waals surface area (Å²) in [5, 5.41) is 6.96. The lowest BCUT2D eigenvalue weighted by molar-refractivity contribution is 0.764. The van der Waals surface area contributed by atoms with Crippen LogP contribution in [-0.4, -0.2) is 26.4 Å². The third-order valence-corrected chi connectivity index (χ3v) is 4.46. The highest BCUT2D eigenvalue weighted by Gasteiger charge is 2.15. The van der Waals surface area contributed by atoms with E-state index in [9.17, 15) is 0 Å². The number of aryl methyl sites for hydroxylation is 2. The van der Waals surface area contributed by atoms with Gasteiger partial charge in [-0.05, 0) is 38.7 Å². The van der Waals surface area contributed by atoms with Crippen LogP contribution in [0.25, 0.3) is 4.96 Å². The second-order valence-electron chi connectivity index (χ2n) is 4.48. The molecule has 0 spiro atoms. The maximum atomic E-state index is 4.67. The topological polar surface area (TPSA) is 55.1 Å². The van der Waals surface area contributed by atoms with E-state index in [1.54, 1.807) is 11.3 Å². The lowest BCUT2D eigenvalue weighted by Gasteiger charge is -2.04. The number of hydrogen-bond donors (Lipinski definition) is 1. The normalized spacial score (nSPS) is 11.3. The third kappa shape index (κ3) is 2.56. The van der Waals surface area contributed by atoms with Crippen molar-refractivity contribution < 1.29 is 0 Å². The van der Waals surface area contributed by atoms with Crippen molar-refractivity contribution in [3.05, 3.63) is 34.7 Å². The van der Waals surface area contributed by atoms with Gasteiger partial charge in [-0.15, -0.1) is 11.3 Å². The second-order valence-corrected chi connectivity index (χ2v) is 6.31. The van der Waals surface area contributed by atoms with Crippen LogP contribution >= 0.6 is 23.1 Å². The van der Waals surface area contributed by atoms with E-state index in [1.165, 1.54) is 11.8 Å². The maximum absolute atomic E-state index is 4.67. The van der Waals surface area contributed by atoms with Crippen LogP contribution in [0.2, 0.25) is 0 Å². The van der Waals surface area contributed by atoms with Gasteiger partial charge in [0.1, 0.15) is 5.03 Å². The van der Waals surface area contributed by atoms with Crippen molar-refractivity contribution in [3.8, 4) is 0 Å². The number of aromatic nitrogens is 4. The highest BCUT2D eigenvalue weighted by Crippen LogP contribution is 2.30. The molecule has 5 nitrogen and oxygen atoms in total. The van der Waals surface area contributed by atoms with Gasteiger partial charge in [0, 0.05) is 29.5 Å². The molecular weight excluding hydrogens is 290 g/mol. The Morgan fingerprint density at radius 2 is 2.00 bits per heavy atom. The summed E-state index contributed by atoms with van der Waals surface area (Å²) in [6, 6.07) is 1.98. The predicted octanol–water partition coefficient (Wildman–Crippen LogP) is 2.67. The number of rotatable bonds is 4. The summed E-state index contributed by atoms with van der Waals surface area (Å²) in [5.74, 6) is 0. The van der Waals surface area contributed by atoms with Gasteiger partial charge in [0.2, 0.25) is 0 Å². The molecule has 20 heavy (non-hydrogen) atoms. The summed E-state index contributed by atoms with van der Waals surface area (Å²) < 4.78 is 2.12.